The molecule has 1 atom stereocenters. The monoisotopic (exact) mass is 368 g/mol. The molecule has 1 heterocycles. The third-order valence-corrected chi connectivity index (χ3v) is 5.13. The van der Waals surface area contributed by atoms with Gasteiger partial charge in [-0.3, -0.25) is 14.5 Å². The summed E-state index contributed by atoms with van der Waals surface area (Å²) in [5.41, 5.74) is 1.80. The number of urea groups is 1. The summed E-state index contributed by atoms with van der Waals surface area (Å²) in [5.74, 6) is -1.57. The van der Waals surface area contributed by atoms with E-state index < -0.39 is 29.8 Å². The summed E-state index contributed by atoms with van der Waals surface area (Å²) < 4.78 is 14.2. The fourth-order valence-electron chi connectivity index (χ4n) is 3.38. The number of carbonyl (C=O) groups is 3. The van der Waals surface area contributed by atoms with E-state index in [1.54, 1.807) is 12.1 Å². The highest BCUT2D eigenvalue weighted by Crippen LogP contribution is 2.30. The third-order valence-electron chi connectivity index (χ3n) is 5.13. The summed E-state index contributed by atoms with van der Waals surface area (Å²) in [6, 6.07) is 8.74. The number of nitrogens with zero attached hydrogens (tertiary/aromatic N) is 1. The van der Waals surface area contributed by atoms with Crippen molar-refractivity contribution in [1.29, 1.82) is 0 Å². The van der Waals surface area contributed by atoms with E-state index in [1.807, 2.05) is 26.8 Å². The molecular weight excluding hydrogens is 347 g/mol. The van der Waals surface area contributed by atoms with E-state index in [9.17, 15) is 18.8 Å². The first-order valence-electron chi connectivity index (χ1n) is 8.65. The number of benzene rings is 2. The SMILES string of the molecule is Cc1cc(C)c(C(=O)CN2C(=O)NC(C)(c3ccccc3F)C2=O)cc1C. The summed E-state index contributed by atoms with van der Waals surface area (Å²) in [6.07, 6.45) is 0. The molecule has 0 bridgehead atoms. The summed E-state index contributed by atoms with van der Waals surface area (Å²) in [6.45, 7) is 6.72. The predicted molar refractivity (Wildman–Crippen MR) is 99.0 cm³/mol. The van der Waals surface area contributed by atoms with Gasteiger partial charge in [0.25, 0.3) is 5.91 Å². The fourth-order valence-corrected chi connectivity index (χ4v) is 3.38. The average Bonchev–Trinajstić information content (AvgIpc) is 2.82. The van der Waals surface area contributed by atoms with E-state index in [-0.39, 0.29) is 11.3 Å². The molecule has 6 heteroatoms. The lowest BCUT2D eigenvalue weighted by atomic mass is 9.91. The summed E-state index contributed by atoms with van der Waals surface area (Å²) in [4.78, 5) is 38.9. The lowest BCUT2D eigenvalue weighted by Crippen LogP contribution is -2.42. The second-order valence-electron chi connectivity index (χ2n) is 7.10. The molecule has 3 rings (SSSR count). The number of ketones is 1. The Balaban J connectivity index is 1.90. The van der Waals surface area contributed by atoms with Crippen LogP contribution in [0.2, 0.25) is 0 Å². The molecule has 140 valence electrons. The Hall–Kier alpha value is -3.02. The fraction of sp³-hybridized carbons (Fsp3) is 0.286. The number of imide groups is 1. The van der Waals surface area contributed by atoms with Gasteiger partial charge in [-0.2, -0.15) is 0 Å². The molecule has 1 unspecified atom stereocenters. The summed E-state index contributed by atoms with van der Waals surface area (Å²) in [5, 5.41) is 2.52. The molecule has 0 aromatic heterocycles. The predicted octanol–water partition coefficient (Wildman–Crippen LogP) is 3.40. The maximum atomic E-state index is 14.2. The highest BCUT2D eigenvalue weighted by Gasteiger charge is 2.50. The van der Waals surface area contributed by atoms with Gasteiger partial charge in [0.2, 0.25) is 0 Å². The quantitative estimate of drug-likeness (QED) is 0.664. The molecule has 0 aliphatic carbocycles. The first-order valence-corrected chi connectivity index (χ1v) is 8.65. The number of carbonyl (C=O) groups excluding carboxylic acids is 3. The minimum Gasteiger partial charge on any atom is -0.319 e. The first-order chi connectivity index (χ1) is 12.6. The van der Waals surface area contributed by atoms with Crippen molar-refractivity contribution in [3.8, 4) is 0 Å². The topological polar surface area (TPSA) is 66.5 Å². The van der Waals surface area contributed by atoms with Gasteiger partial charge in [-0.15, -0.1) is 0 Å². The van der Waals surface area contributed by atoms with Gasteiger partial charge in [0.15, 0.2) is 5.78 Å². The van der Waals surface area contributed by atoms with Crippen LogP contribution in [0.25, 0.3) is 0 Å². The zero-order chi connectivity index (χ0) is 19.9. The molecule has 5 nitrogen and oxygen atoms in total. The molecule has 1 saturated heterocycles. The lowest BCUT2D eigenvalue weighted by molar-refractivity contribution is -0.130. The normalized spacial score (nSPS) is 19.4. The second kappa shape index (κ2) is 6.61. The minimum absolute atomic E-state index is 0.0701. The Bertz CT molecular complexity index is 970. The number of rotatable bonds is 4. The highest BCUT2D eigenvalue weighted by molar-refractivity contribution is 6.11. The first kappa shape index (κ1) is 18.8. The van der Waals surface area contributed by atoms with Crippen molar-refractivity contribution in [2.75, 3.05) is 6.54 Å². The van der Waals surface area contributed by atoms with Crippen molar-refractivity contribution < 1.29 is 18.8 Å². The zero-order valence-electron chi connectivity index (χ0n) is 15.7. The van der Waals surface area contributed by atoms with E-state index in [4.69, 9.17) is 0 Å². The van der Waals surface area contributed by atoms with E-state index in [0.717, 1.165) is 21.6 Å². The smallest absolute Gasteiger partial charge is 0.319 e. The van der Waals surface area contributed by atoms with Crippen molar-refractivity contribution in [3.63, 3.8) is 0 Å². The summed E-state index contributed by atoms with van der Waals surface area (Å²) in [7, 11) is 0. The highest BCUT2D eigenvalue weighted by atomic mass is 19.1. The molecule has 2 aromatic carbocycles. The number of amides is 3. The van der Waals surface area contributed by atoms with E-state index in [1.165, 1.54) is 25.1 Å². The van der Waals surface area contributed by atoms with Crippen LogP contribution in [0.5, 0.6) is 0 Å². The van der Waals surface area contributed by atoms with Gasteiger partial charge in [0.1, 0.15) is 11.4 Å². The van der Waals surface area contributed by atoms with Gasteiger partial charge in [-0.1, -0.05) is 24.3 Å². The maximum absolute atomic E-state index is 14.2. The van der Waals surface area contributed by atoms with Gasteiger partial charge in [-0.25, -0.2) is 9.18 Å². The van der Waals surface area contributed by atoms with Crippen LogP contribution in [-0.2, 0) is 10.3 Å². The molecule has 3 amide bonds. The number of halogens is 1. The molecule has 0 saturated carbocycles. The van der Waals surface area contributed by atoms with Gasteiger partial charge < -0.3 is 5.32 Å². The molecule has 1 fully saturated rings. The molecule has 0 spiro atoms. The largest absolute Gasteiger partial charge is 0.325 e. The van der Waals surface area contributed by atoms with Gasteiger partial charge >= 0.3 is 6.03 Å². The lowest BCUT2D eigenvalue weighted by Gasteiger charge is -2.22. The van der Waals surface area contributed by atoms with Crippen LogP contribution in [0.3, 0.4) is 0 Å². The van der Waals surface area contributed by atoms with Crippen molar-refractivity contribution >= 4 is 17.7 Å². The van der Waals surface area contributed by atoms with Crippen LogP contribution in [0.4, 0.5) is 9.18 Å². The number of Topliss-reactive ketones (excluding diaryl/α,β-unsaturated/α-hetero) is 1. The molecule has 1 aliphatic heterocycles. The summed E-state index contributed by atoms with van der Waals surface area (Å²) >= 11 is 0. The Morgan fingerprint density at radius 1 is 1.07 bits per heavy atom. The Kier molecular flexibility index (Phi) is 4.59. The molecule has 2 aromatic rings. The maximum Gasteiger partial charge on any atom is 0.325 e. The van der Waals surface area contributed by atoms with E-state index in [0.29, 0.717) is 5.56 Å². The number of aryl methyl sites for hydroxylation is 3. The second-order valence-corrected chi connectivity index (χ2v) is 7.10. The molecule has 1 aliphatic rings. The van der Waals surface area contributed by atoms with Crippen molar-refractivity contribution in [2.24, 2.45) is 0 Å². The van der Waals surface area contributed by atoms with Gasteiger partial charge in [-0.05, 0) is 56.5 Å². The van der Waals surface area contributed by atoms with Gasteiger partial charge in [0, 0.05) is 11.1 Å². The van der Waals surface area contributed by atoms with Crippen LogP contribution in [0, 0.1) is 26.6 Å². The van der Waals surface area contributed by atoms with E-state index in [2.05, 4.69) is 5.32 Å². The minimum atomic E-state index is -1.54. The van der Waals surface area contributed by atoms with Crippen LogP contribution >= 0.6 is 0 Å². The molecule has 0 radical (unpaired) electrons. The Morgan fingerprint density at radius 3 is 2.37 bits per heavy atom. The van der Waals surface area contributed by atoms with Crippen molar-refractivity contribution in [3.05, 3.63) is 70.0 Å². The van der Waals surface area contributed by atoms with Crippen molar-refractivity contribution in [1.82, 2.24) is 10.2 Å². The number of hydrogen-bond acceptors (Lipinski definition) is 3. The standard InChI is InChI=1S/C21H21FN2O3/c1-12-9-14(3)15(10-13(12)2)18(25)11-24-19(26)21(4,23-20(24)27)16-7-5-6-8-17(16)22/h5-10H,11H2,1-4H3,(H,23,27). The van der Waals surface area contributed by atoms with Crippen LogP contribution in [-0.4, -0.2) is 29.2 Å². The third kappa shape index (κ3) is 3.12. The van der Waals surface area contributed by atoms with E-state index >= 15 is 0 Å². The number of nitrogens with one attached hydrogen (secondary N) is 1. The zero-order valence-corrected chi connectivity index (χ0v) is 15.7. The van der Waals surface area contributed by atoms with Crippen molar-refractivity contribution in [2.45, 2.75) is 33.2 Å². The Labute approximate surface area is 157 Å². The average molecular weight is 368 g/mol. The molecule has 27 heavy (non-hydrogen) atoms. The van der Waals surface area contributed by atoms with Gasteiger partial charge in [0.05, 0.1) is 6.54 Å². The van der Waals surface area contributed by atoms with Crippen LogP contribution in [0.15, 0.2) is 36.4 Å². The van der Waals surface area contributed by atoms with Crippen LogP contribution < -0.4 is 5.32 Å². The molecule has 1 N–H and O–H groups in total. The number of hydrogen-bond donors (Lipinski definition) is 1. The van der Waals surface area contributed by atoms with Crippen LogP contribution in [0.1, 0.15) is 39.5 Å². The molecular formula is C21H21FN2O3. The Morgan fingerprint density at radius 2 is 1.70 bits per heavy atom.